The zero-order chi connectivity index (χ0) is 25.7. The summed E-state index contributed by atoms with van der Waals surface area (Å²) in [6.45, 7) is 1.42. The van der Waals surface area contributed by atoms with Crippen molar-refractivity contribution >= 4 is 34.9 Å². The summed E-state index contributed by atoms with van der Waals surface area (Å²) in [4.78, 5) is 19.6. The number of anilines is 1. The molecule has 0 saturated carbocycles. The first kappa shape index (κ1) is 26.8. The highest BCUT2D eigenvalue weighted by Crippen LogP contribution is 2.32. The van der Waals surface area contributed by atoms with E-state index in [4.69, 9.17) is 22.3 Å². The van der Waals surface area contributed by atoms with E-state index in [1.165, 1.54) is 25.3 Å². The first-order valence-electron chi connectivity index (χ1n) is 9.49. The maximum atomic E-state index is 13.0. The minimum Gasteiger partial charge on any atom is -0.328 e. The molecule has 1 heterocycles. The number of alkyl halides is 6. The van der Waals surface area contributed by atoms with Crippen molar-refractivity contribution in [1.29, 1.82) is 10.7 Å². The van der Waals surface area contributed by atoms with Crippen molar-refractivity contribution in [3.05, 3.63) is 58.2 Å². The second kappa shape index (κ2) is 10.6. The van der Waals surface area contributed by atoms with Crippen LogP contribution in [0.4, 0.5) is 32.2 Å². The molecule has 0 amide bonds. The fourth-order valence-corrected chi connectivity index (χ4v) is 2.89. The Morgan fingerprint density at radius 1 is 1.24 bits per heavy atom. The molecule has 1 aromatic carbocycles. The number of hydrogen-bond donors (Lipinski definition) is 2. The third kappa shape index (κ3) is 7.55. The standard InChI is InChI=1S/C21H16ClF6N5O/c1-11(2-4-16(34)13-6-14(20(23,24)25)8-15(22)7-13)18(33-19(30)21(26,27)28)32-17-5-3-12(9-29)10-31-17/h3,5-8,10-11H,2,4H2,1H3,(H2,30,31,32,33)/t11-/m1/s1. The van der Waals surface area contributed by atoms with E-state index in [0.717, 1.165) is 6.07 Å². The Hall–Kier alpha value is -3.46. The van der Waals surface area contributed by atoms with E-state index in [0.29, 0.717) is 12.1 Å². The number of ketones is 1. The number of hydrogen-bond acceptors (Lipinski definition) is 4. The van der Waals surface area contributed by atoms with E-state index in [1.54, 1.807) is 0 Å². The Kier molecular flexibility index (Phi) is 8.39. The number of carbonyl (C=O) groups excluding carboxylic acids is 1. The van der Waals surface area contributed by atoms with Gasteiger partial charge in [-0.05, 0) is 36.8 Å². The van der Waals surface area contributed by atoms with Crippen molar-refractivity contribution in [3.8, 4) is 6.07 Å². The number of aromatic nitrogens is 1. The van der Waals surface area contributed by atoms with Crippen LogP contribution in [0, 0.1) is 22.7 Å². The molecule has 2 N–H and O–H groups in total. The number of benzene rings is 1. The summed E-state index contributed by atoms with van der Waals surface area (Å²) in [6, 6.07) is 6.88. The van der Waals surface area contributed by atoms with Crippen LogP contribution in [0.15, 0.2) is 41.5 Å². The summed E-state index contributed by atoms with van der Waals surface area (Å²) in [5.74, 6) is -3.76. The van der Waals surface area contributed by atoms with Gasteiger partial charge in [0.2, 0.25) is 5.84 Å². The predicted molar refractivity (Wildman–Crippen MR) is 113 cm³/mol. The van der Waals surface area contributed by atoms with Crippen LogP contribution in [-0.4, -0.2) is 28.6 Å². The molecule has 34 heavy (non-hydrogen) atoms. The van der Waals surface area contributed by atoms with Crippen molar-refractivity contribution in [2.45, 2.75) is 32.1 Å². The van der Waals surface area contributed by atoms with Crippen molar-refractivity contribution in [3.63, 3.8) is 0 Å². The summed E-state index contributed by atoms with van der Waals surface area (Å²) >= 11 is 5.69. The molecule has 0 bridgehead atoms. The van der Waals surface area contributed by atoms with Gasteiger partial charge >= 0.3 is 12.4 Å². The topological polar surface area (TPSA) is 102 Å². The minimum absolute atomic E-state index is 0.0376. The maximum absolute atomic E-state index is 13.0. The van der Waals surface area contributed by atoms with Gasteiger partial charge < -0.3 is 5.32 Å². The Morgan fingerprint density at radius 2 is 1.91 bits per heavy atom. The number of nitrogens with one attached hydrogen (secondary N) is 2. The smallest absolute Gasteiger partial charge is 0.328 e. The molecule has 2 rings (SSSR count). The zero-order valence-corrected chi connectivity index (χ0v) is 18.1. The second-order valence-electron chi connectivity index (χ2n) is 7.10. The van der Waals surface area contributed by atoms with Gasteiger partial charge in [-0.25, -0.2) is 9.98 Å². The molecule has 0 aliphatic heterocycles. The highest BCUT2D eigenvalue weighted by Gasteiger charge is 2.35. The van der Waals surface area contributed by atoms with E-state index >= 15 is 0 Å². The highest BCUT2D eigenvalue weighted by molar-refractivity contribution is 6.31. The van der Waals surface area contributed by atoms with Gasteiger partial charge in [-0.2, -0.15) is 31.6 Å². The average molecular weight is 504 g/mol. The minimum atomic E-state index is -5.03. The number of aliphatic imine (C=N–C) groups is 1. The van der Waals surface area contributed by atoms with Crippen molar-refractivity contribution in [1.82, 2.24) is 4.98 Å². The van der Waals surface area contributed by atoms with Crippen molar-refractivity contribution in [2.24, 2.45) is 10.9 Å². The predicted octanol–water partition coefficient (Wildman–Crippen LogP) is 6.27. The molecule has 13 heteroatoms. The third-order valence-electron chi connectivity index (χ3n) is 4.47. The summed E-state index contributed by atoms with van der Waals surface area (Å²) in [6.07, 6.45) is -9.03. The first-order chi connectivity index (χ1) is 15.7. The lowest BCUT2D eigenvalue weighted by Gasteiger charge is -2.17. The van der Waals surface area contributed by atoms with Crippen LogP contribution in [0.25, 0.3) is 0 Å². The summed E-state index contributed by atoms with van der Waals surface area (Å²) in [5.41, 5.74) is -1.20. The van der Waals surface area contributed by atoms with Gasteiger partial charge in [-0.3, -0.25) is 10.2 Å². The normalized spacial score (nSPS) is 13.2. The van der Waals surface area contributed by atoms with Gasteiger partial charge in [-0.1, -0.05) is 18.5 Å². The number of carbonyl (C=O) groups is 1. The highest BCUT2D eigenvalue weighted by atomic mass is 35.5. The van der Waals surface area contributed by atoms with E-state index in [2.05, 4.69) is 15.3 Å². The fourth-order valence-electron chi connectivity index (χ4n) is 2.65. The fraction of sp³-hybridized carbons (Fsp3) is 0.286. The Labute approximate surface area is 194 Å². The molecule has 2 aromatic rings. The molecule has 1 aromatic heterocycles. The summed E-state index contributed by atoms with van der Waals surface area (Å²) in [5, 5.41) is 18.2. The van der Waals surface area contributed by atoms with Gasteiger partial charge in [0, 0.05) is 29.1 Å². The van der Waals surface area contributed by atoms with Gasteiger partial charge in [-0.15, -0.1) is 0 Å². The molecule has 0 fully saturated rings. The average Bonchev–Trinajstić information content (AvgIpc) is 2.75. The van der Waals surface area contributed by atoms with Crippen LogP contribution in [0.2, 0.25) is 5.02 Å². The van der Waals surface area contributed by atoms with E-state index in [-0.39, 0.29) is 40.6 Å². The van der Waals surface area contributed by atoms with E-state index in [9.17, 15) is 31.1 Å². The number of rotatable bonds is 6. The number of nitrogens with zero attached hydrogens (tertiary/aromatic N) is 3. The lowest BCUT2D eigenvalue weighted by Crippen LogP contribution is -2.28. The van der Waals surface area contributed by atoms with Crippen LogP contribution in [0.5, 0.6) is 0 Å². The van der Waals surface area contributed by atoms with Crippen LogP contribution < -0.4 is 5.32 Å². The molecule has 180 valence electrons. The molecule has 0 spiro atoms. The molecule has 0 saturated heterocycles. The quantitative estimate of drug-likeness (QED) is 0.210. The summed E-state index contributed by atoms with van der Waals surface area (Å²) in [7, 11) is 0. The Balaban J connectivity index is 2.23. The number of pyridine rings is 1. The molecular formula is C21H16ClF6N5O. The Bertz CT molecular complexity index is 1140. The third-order valence-corrected chi connectivity index (χ3v) is 4.69. The van der Waals surface area contributed by atoms with Gasteiger partial charge in [0.25, 0.3) is 0 Å². The number of nitriles is 1. The van der Waals surface area contributed by atoms with Crippen LogP contribution in [0.3, 0.4) is 0 Å². The molecular weight excluding hydrogens is 488 g/mol. The molecule has 0 aliphatic rings. The van der Waals surface area contributed by atoms with Crippen LogP contribution in [0.1, 0.15) is 41.3 Å². The lowest BCUT2D eigenvalue weighted by atomic mass is 9.97. The Morgan fingerprint density at radius 3 is 2.44 bits per heavy atom. The second-order valence-corrected chi connectivity index (χ2v) is 7.54. The molecule has 6 nitrogen and oxygen atoms in total. The van der Waals surface area contributed by atoms with Crippen LogP contribution >= 0.6 is 11.6 Å². The number of Topliss-reactive ketones (excluding diaryl/α,β-unsaturated/α-hetero) is 1. The van der Waals surface area contributed by atoms with E-state index in [1.807, 2.05) is 6.07 Å². The monoisotopic (exact) mass is 503 g/mol. The van der Waals surface area contributed by atoms with Gasteiger partial charge in [0.1, 0.15) is 17.7 Å². The van der Waals surface area contributed by atoms with Gasteiger partial charge in [0.05, 0.1) is 11.1 Å². The molecule has 0 radical (unpaired) electrons. The zero-order valence-electron chi connectivity index (χ0n) is 17.4. The molecule has 1 atom stereocenters. The SMILES string of the molecule is C[C@H](CCC(=O)c1cc(Cl)cc(C(F)(F)F)c1)/C(=N/C(=N)C(F)(F)F)Nc1ccc(C#N)cn1. The number of halogens is 7. The van der Waals surface area contributed by atoms with Crippen LogP contribution in [-0.2, 0) is 6.18 Å². The number of amidine groups is 2. The molecule has 0 unspecified atom stereocenters. The van der Waals surface area contributed by atoms with E-state index < -0.39 is 35.5 Å². The van der Waals surface area contributed by atoms with Crippen molar-refractivity contribution in [2.75, 3.05) is 5.32 Å². The van der Waals surface area contributed by atoms with Crippen molar-refractivity contribution < 1.29 is 31.1 Å². The summed E-state index contributed by atoms with van der Waals surface area (Å²) < 4.78 is 77.5. The maximum Gasteiger partial charge on any atom is 0.450 e. The largest absolute Gasteiger partial charge is 0.450 e. The first-order valence-corrected chi connectivity index (χ1v) is 9.87. The molecule has 0 aliphatic carbocycles. The van der Waals surface area contributed by atoms with Gasteiger partial charge in [0.15, 0.2) is 5.78 Å². The lowest BCUT2D eigenvalue weighted by molar-refractivity contribution is -0.137.